The highest BCUT2D eigenvalue weighted by Crippen LogP contribution is 2.45. The molecule has 6 rings (SSSR count). The van der Waals surface area contributed by atoms with E-state index in [1.54, 1.807) is 0 Å². The Balaban J connectivity index is 1.19. The maximum atomic E-state index is 6.23. The minimum atomic E-state index is -0.0215. The van der Waals surface area contributed by atoms with Gasteiger partial charge in [-0.05, 0) is 78.8 Å². The largest absolute Gasteiger partial charge is 0.462 e. The van der Waals surface area contributed by atoms with Gasteiger partial charge in [-0.1, -0.05) is 41.4 Å². The van der Waals surface area contributed by atoms with Crippen LogP contribution in [-0.2, 0) is 9.47 Å². The van der Waals surface area contributed by atoms with E-state index in [2.05, 4.69) is 42.6 Å². The van der Waals surface area contributed by atoms with E-state index in [1.807, 2.05) is 6.07 Å². The summed E-state index contributed by atoms with van der Waals surface area (Å²) in [6, 6.07) is 13.8. The van der Waals surface area contributed by atoms with Gasteiger partial charge in [0.15, 0.2) is 0 Å². The Morgan fingerprint density at radius 2 is 1.32 bits per heavy atom. The van der Waals surface area contributed by atoms with Crippen molar-refractivity contribution in [3.8, 4) is 0 Å². The lowest BCUT2D eigenvalue weighted by Crippen LogP contribution is -2.30. The van der Waals surface area contributed by atoms with Gasteiger partial charge in [0.05, 0.1) is 0 Å². The zero-order chi connectivity index (χ0) is 20.9. The molecule has 160 valence electrons. The molecule has 5 nitrogen and oxygen atoms in total. The van der Waals surface area contributed by atoms with Gasteiger partial charge in [0.25, 0.3) is 12.0 Å². The molecular weight excluding hydrogens is 410 g/mol. The molecule has 6 heteroatoms. The Labute approximate surface area is 187 Å². The Morgan fingerprint density at radius 3 is 1.90 bits per heavy atom. The third-order valence-electron chi connectivity index (χ3n) is 6.56. The van der Waals surface area contributed by atoms with Crippen LogP contribution in [0.25, 0.3) is 0 Å². The highest BCUT2D eigenvalue weighted by Gasteiger charge is 2.33. The summed E-state index contributed by atoms with van der Waals surface area (Å²) in [6.45, 7) is 3.22. The summed E-state index contributed by atoms with van der Waals surface area (Å²) >= 11 is 6.23. The number of hydrogen-bond donors (Lipinski definition) is 1. The second-order valence-corrected chi connectivity index (χ2v) is 9.54. The van der Waals surface area contributed by atoms with Crippen molar-refractivity contribution in [3.63, 3.8) is 0 Å². The predicted octanol–water partition coefficient (Wildman–Crippen LogP) is 5.55. The number of rotatable bonds is 4. The molecule has 2 unspecified atom stereocenters. The second kappa shape index (κ2) is 7.56. The van der Waals surface area contributed by atoms with Crippen molar-refractivity contribution in [3.05, 3.63) is 69.2 Å². The summed E-state index contributed by atoms with van der Waals surface area (Å²) in [5.41, 5.74) is 6.55. The van der Waals surface area contributed by atoms with E-state index in [-0.39, 0.29) is 12.1 Å². The third kappa shape index (κ3) is 3.91. The molecule has 4 aliphatic rings. The smallest absolute Gasteiger partial charge is 0.293 e. The summed E-state index contributed by atoms with van der Waals surface area (Å²) in [5, 5.41) is 3.94. The van der Waals surface area contributed by atoms with Crippen molar-refractivity contribution in [1.29, 1.82) is 0 Å². The summed E-state index contributed by atoms with van der Waals surface area (Å²) in [5.74, 6) is 1.30. The highest BCUT2D eigenvalue weighted by atomic mass is 35.5. The molecular formula is C25H26ClN3O2. The molecule has 2 aromatic rings. The number of hydrogen-bond acceptors (Lipinski definition) is 5. The van der Waals surface area contributed by atoms with Crippen LogP contribution >= 0.6 is 11.6 Å². The van der Waals surface area contributed by atoms with Crippen molar-refractivity contribution in [2.75, 3.05) is 13.2 Å². The molecule has 0 aromatic heterocycles. The summed E-state index contributed by atoms with van der Waals surface area (Å²) in [7, 11) is 0. The van der Waals surface area contributed by atoms with Gasteiger partial charge in [-0.15, -0.1) is 0 Å². The number of aryl methyl sites for hydroxylation is 1. The molecule has 2 aliphatic heterocycles. The van der Waals surface area contributed by atoms with E-state index in [0.29, 0.717) is 37.1 Å². The molecule has 0 spiro atoms. The first-order chi connectivity index (χ1) is 15.1. The van der Waals surface area contributed by atoms with Crippen LogP contribution in [0.1, 0.15) is 77.4 Å². The zero-order valence-electron chi connectivity index (χ0n) is 17.6. The lowest BCUT2D eigenvalue weighted by Gasteiger charge is -2.12. The monoisotopic (exact) mass is 435 g/mol. The van der Waals surface area contributed by atoms with Crippen LogP contribution < -0.4 is 5.32 Å². The van der Waals surface area contributed by atoms with Crippen LogP contribution in [0.3, 0.4) is 0 Å². The van der Waals surface area contributed by atoms with Gasteiger partial charge in [-0.3, -0.25) is 5.32 Å². The molecule has 2 atom stereocenters. The quantitative estimate of drug-likeness (QED) is 0.685. The number of benzene rings is 2. The van der Waals surface area contributed by atoms with Crippen LogP contribution in [0, 0.1) is 6.92 Å². The molecule has 31 heavy (non-hydrogen) atoms. The molecule has 0 radical (unpaired) electrons. The fourth-order valence-electron chi connectivity index (χ4n) is 4.64. The third-order valence-corrected chi connectivity index (χ3v) is 6.79. The van der Waals surface area contributed by atoms with Crippen LogP contribution in [0.5, 0.6) is 0 Å². The molecule has 2 aliphatic carbocycles. The van der Waals surface area contributed by atoms with E-state index < -0.39 is 0 Å². The van der Waals surface area contributed by atoms with Crippen LogP contribution in [-0.4, -0.2) is 25.3 Å². The molecule has 0 bridgehead atoms. The predicted molar refractivity (Wildman–Crippen MR) is 122 cm³/mol. The fraction of sp³-hybridized carbons (Fsp3) is 0.440. The number of amidine groups is 2. The SMILES string of the molecule is Cc1ccc(C2COC(NC3=NC(c4ccc(Cl)cc4C4CC4)CO3)=N2)c(C2CC2)c1. The maximum absolute atomic E-state index is 6.23. The number of aliphatic imine (C=N–C) groups is 2. The van der Waals surface area contributed by atoms with Crippen LogP contribution in [0.15, 0.2) is 46.4 Å². The molecule has 2 saturated carbocycles. The minimum Gasteiger partial charge on any atom is -0.462 e. The van der Waals surface area contributed by atoms with E-state index in [1.165, 1.54) is 53.5 Å². The Bertz CT molecular complexity index is 1000. The molecule has 1 N–H and O–H groups in total. The number of halogens is 1. The Hall–Kier alpha value is -2.53. The van der Waals surface area contributed by atoms with E-state index in [4.69, 9.17) is 31.1 Å². The molecule has 0 saturated heterocycles. The standard InChI is InChI=1S/C25H26ClN3O2/c1-14-2-8-18(20(10-14)15-3-4-15)22-12-30-24(27-22)29-25-28-23(13-31-25)19-9-7-17(26)11-21(19)16-5-6-16/h2,7-11,15-16,22-23H,3-6,12-13H2,1H3,(H,27,28,29). The number of nitrogens with zero attached hydrogens (tertiary/aromatic N) is 2. The minimum absolute atomic E-state index is 0.0215. The van der Waals surface area contributed by atoms with E-state index in [0.717, 1.165) is 5.02 Å². The fourth-order valence-corrected chi connectivity index (χ4v) is 4.82. The number of nitrogens with one attached hydrogen (secondary N) is 1. The average Bonchev–Trinajstić information content (AvgIpc) is 3.69. The zero-order valence-corrected chi connectivity index (χ0v) is 18.4. The van der Waals surface area contributed by atoms with Crippen molar-refractivity contribution in [2.24, 2.45) is 9.98 Å². The Morgan fingerprint density at radius 1 is 0.774 bits per heavy atom. The van der Waals surface area contributed by atoms with Crippen molar-refractivity contribution in [1.82, 2.24) is 5.32 Å². The summed E-state index contributed by atoms with van der Waals surface area (Å²) in [4.78, 5) is 9.56. The maximum Gasteiger partial charge on any atom is 0.293 e. The number of ether oxygens (including phenoxy) is 2. The highest BCUT2D eigenvalue weighted by molar-refractivity contribution is 6.30. The molecule has 0 amide bonds. The lowest BCUT2D eigenvalue weighted by atomic mass is 9.96. The molecule has 2 fully saturated rings. The van der Waals surface area contributed by atoms with Gasteiger partial charge in [0, 0.05) is 5.02 Å². The van der Waals surface area contributed by atoms with Crippen LogP contribution in [0.4, 0.5) is 0 Å². The van der Waals surface area contributed by atoms with Gasteiger partial charge in [-0.25, -0.2) is 9.98 Å². The van der Waals surface area contributed by atoms with Crippen molar-refractivity contribution in [2.45, 2.75) is 56.5 Å². The van der Waals surface area contributed by atoms with Gasteiger partial charge in [0.1, 0.15) is 25.3 Å². The van der Waals surface area contributed by atoms with Crippen LogP contribution in [0.2, 0.25) is 5.02 Å². The first-order valence-electron chi connectivity index (χ1n) is 11.2. The van der Waals surface area contributed by atoms with Gasteiger partial charge >= 0.3 is 0 Å². The molecule has 2 aromatic carbocycles. The molecule has 2 heterocycles. The van der Waals surface area contributed by atoms with E-state index in [9.17, 15) is 0 Å². The van der Waals surface area contributed by atoms with Gasteiger partial charge in [0.2, 0.25) is 0 Å². The Kier molecular flexibility index (Phi) is 4.67. The summed E-state index contributed by atoms with van der Waals surface area (Å²) in [6.07, 6.45) is 5.00. The summed E-state index contributed by atoms with van der Waals surface area (Å²) < 4.78 is 11.7. The van der Waals surface area contributed by atoms with Crippen molar-refractivity contribution < 1.29 is 9.47 Å². The second-order valence-electron chi connectivity index (χ2n) is 9.10. The lowest BCUT2D eigenvalue weighted by molar-refractivity contribution is 0.292. The van der Waals surface area contributed by atoms with Crippen molar-refractivity contribution >= 4 is 23.6 Å². The van der Waals surface area contributed by atoms with Gasteiger partial charge in [-0.2, -0.15) is 0 Å². The average molecular weight is 436 g/mol. The first kappa shape index (κ1) is 19.2. The van der Waals surface area contributed by atoms with Gasteiger partial charge < -0.3 is 9.47 Å². The first-order valence-corrected chi connectivity index (χ1v) is 11.6. The topological polar surface area (TPSA) is 55.2 Å². The normalized spacial score (nSPS) is 25.0. The van der Waals surface area contributed by atoms with E-state index >= 15 is 0 Å².